The van der Waals surface area contributed by atoms with Gasteiger partial charge in [0.1, 0.15) is 5.82 Å². The van der Waals surface area contributed by atoms with Crippen LogP contribution in [-0.4, -0.2) is 17.4 Å². The van der Waals surface area contributed by atoms with Crippen molar-refractivity contribution < 1.29 is 4.79 Å². The zero-order valence-electron chi connectivity index (χ0n) is 8.86. The van der Waals surface area contributed by atoms with Crippen molar-refractivity contribution in [1.29, 1.82) is 0 Å². The molecular weight excluding hydrogens is 202 g/mol. The quantitative estimate of drug-likeness (QED) is 0.715. The highest BCUT2D eigenvalue weighted by atomic mass is 16.2. The van der Waals surface area contributed by atoms with E-state index in [2.05, 4.69) is 22.1 Å². The number of pyridine rings is 1. The van der Waals surface area contributed by atoms with E-state index < -0.39 is 0 Å². The van der Waals surface area contributed by atoms with E-state index in [9.17, 15) is 4.79 Å². The number of nitrogens with two attached hydrogens (primary N) is 1. The van der Waals surface area contributed by atoms with Crippen molar-refractivity contribution in [2.75, 3.05) is 11.9 Å². The Balaban J connectivity index is 2.06. The Morgan fingerprint density at radius 2 is 2.44 bits per heavy atom. The number of carbonyl (C=O) groups is 1. The van der Waals surface area contributed by atoms with Gasteiger partial charge in [-0.1, -0.05) is 11.8 Å². The molecular formula is C12H13N3O. The van der Waals surface area contributed by atoms with Gasteiger partial charge in [0, 0.05) is 17.7 Å². The maximum Gasteiger partial charge on any atom is 0.228 e. The van der Waals surface area contributed by atoms with Crippen LogP contribution >= 0.6 is 0 Å². The van der Waals surface area contributed by atoms with Gasteiger partial charge in [0.2, 0.25) is 5.91 Å². The molecule has 0 saturated heterocycles. The van der Waals surface area contributed by atoms with Gasteiger partial charge in [0.15, 0.2) is 0 Å². The smallest absolute Gasteiger partial charge is 0.228 e. The number of anilines is 1. The topological polar surface area (TPSA) is 68.0 Å². The summed E-state index contributed by atoms with van der Waals surface area (Å²) in [6, 6.07) is 3.54. The summed E-state index contributed by atoms with van der Waals surface area (Å²) in [4.78, 5) is 15.6. The molecule has 1 amide bonds. The third kappa shape index (κ3) is 2.81. The molecule has 0 radical (unpaired) electrons. The standard InChI is InChI=1S/C12H13N3O/c13-6-1-2-9-5-7-14-11(8-9)15-12(16)10-3-4-10/h5,7-8,10H,3-4,6,13H2,(H,14,15,16). The van der Waals surface area contributed by atoms with E-state index in [4.69, 9.17) is 5.73 Å². The van der Waals surface area contributed by atoms with E-state index in [1.165, 1.54) is 0 Å². The molecule has 16 heavy (non-hydrogen) atoms. The molecule has 1 aromatic rings. The van der Waals surface area contributed by atoms with Crippen molar-refractivity contribution in [3.05, 3.63) is 23.9 Å². The van der Waals surface area contributed by atoms with Gasteiger partial charge < -0.3 is 11.1 Å². The van der Waals surface area contributed by atoms with Gasteiger partial charge in [-0.05, 0) is 25.0 Å². The van der Waals surface area contributed by atoms with Gasteiger partial charge in [-0.25, -0.2) is 4.98 Å². The largest absolute Gasteiger partial charge is 0.320 e. The minimum Gasteiger partial charge on any atom is -0.320 e. The molecule has 0 unspecified atom stereocenters. The minimum atomic E-state index is 0.0523. The summed E-state index contributed by atoms with van der Waals surface area (Å²) in [5, 5.41) is 2.77. The van der Waals surface area contributed by atoms with Gasteiger partial charge in [-0.3, -0.25) is 4.79 Å². The van der Waals surface area contributed by atoms with Crippen molar-refractivity contribution in [3.8, 4) is 11.8 Å². The van der Waals surface area contributed by atoms with Crippen LogP contribution in [0.3, 0.4) is 0 Å². The predicted molar refractivity (Wildman–Crippen MR) is 61.5 cm³/mol. The van der Waals surface area contributed by atoms with Crippen molar-refractivity contribution in [3.63, 3.8) is 0 Å². The lowest BCUT2D eigenvalue weighted by atomic mass is 10.2. The molecule has 82 valence electrons. The molecule has 0 aliphatic heterocycles. The second-order valence-electron chi connectivity index (χ2n) is 3.70. The summed E-state index contributed by atoms with van der Waals surface area (Å²) in [7, 11) is 0. The van der Waals surface area contributed by atoms with Crippen LogP contribution in [0.15, 0.2) is 18.3 Å². The fraction of sp³-hybridized carbons (Fsp3) is 0.333. The first-order valence-electron chi connectivity index (χ1n) is 5.25. The van der Waals surface area contributed by atoms with E-state index in [-0.39, 0.29) is 11.8 Å². The number of hydrogen-bond donors (Lipinski definition) is 2. The van der Waals surface area contributed by atoms with Crippen molar-refractivity contribution in [2.45, 2.75) is 12.8 Å². The van der Waals surface area contributed by atoms with E-state index in [0.717, 1.165) is 18.4 Å². The van der Waals surface area contributed by atoms with Gasteiger partial charge in [-0.15, -0.1) is 0 Å². The number of nitrogens with zero attached hydrogens (tertiary/aromatic N) is 1. The van der Waals surface area contributed by atoms with Crippen LogP contribution in [0.25, 0.3) is 0 Å². The Kier molecular flexibility index (Phi) is 3.18. The number of carbonyl (C=O) groups excluding carboxylic acids is 1. The summed E-state index contributed by atoms with van der Waals surface area (Å²) in [6.07, 6.45) is 3.60. The highest BCUT2D eigenvalue weighted by molar-refractivity contribution is 5.93. The minimum absolute atomic E-state index is 0.0523. The summed E-state index contributed by atoms with van der Waals surface area (Å²) >= 11 is 0. The maximum atomic E-state index is 11.5. The summed E-state index contributed by atoms with van der Waals surface area (Å²) in [6.45, 7) is 0.325. The Morgan fingerprint density at radius 3 is 3.12 bits per heavy atom. The molecule has 0 bridgehead atoms. The molecule has 1 heterocycles. The van der Waals surface area contributed by atoms with E-state index in [1.807, 2.05) is 0 Å². The number of aromatic nitrogens is 1. The summed E-state index contributed by atoms with van der Waals surface area (Å²) < 4.78 is 0. The molecule has 1 fully saturated rings. The fourth-order valence-electron chi connectivity index (χ4n) is 1.30. The molecule has 1 aliphatic rings. The Morgan fingerprint density at radius 1 is 1.62 bits per heavy atom. The third-order valence-electron chi connectivity index (χ3n) is 2.29. The molecule has 3 N–H and O–H groups in total. The SMILES string of the molecule is NCC#Cc1ccnc(NC(=O)C2CC2)c1. The lowest BCUT2D eigenvalue weighted by molar-refractivity contribution is -0.117. The molecule has 0 atom stereocenters. The maximum absolute atomic E-state index is 11.5. The molecule has 0 spiro atoms. The molecule has 1 saturated carbocycles. The van der Waals surface area contributed by atoms with Crippen LogP contribution in [0, 0.1) is 17.8 Å². The van der Waals surface area contributed by atoms with E-state index in [0.29, 0.717) is 12.4 Å². The third-order valence-corrected chi connectivity index (χ3v) is 2.29. The van der Waals surface area contributed by atoms with Gasteiger partial charge in [-0.2, -0.15) is 0 Å². The molecule has 0 aromatic carbocycles. The van der Waals surface area contributed by atoms with Crippen LogP contribution in [0.2, 0.25) is 0 Å². The zero-order chi connectivity index (χ0) is 11.4. The molecule has 4 heteroatoms. The first-order chi connectivity index (χ1) is 7.79. The van der Waals surface area contributed by atoms with Crippen LogP contribution < -0.4 is 11.1 Å². The first-order valence-corrected chi connectivity index (χ1v) is 5.25. The Hall–Kier alpha value is -1.86. The van der Waals surface area contributed by atoms with Crippen LogP contribution in [0.1, 0.15) is 18.4 Å². The van der Waals surface area contributed by atoms with E-state index >= 15 is 0 Å². The first kappa shape index (κ1) is 10.7. The predicted octanol–water partition coefficient (Wildman–Crippen LogP) is 0.740. The van der Waals surface area contributed by atoms with Gasteiger partial charge in [0.05, 0.1) is 6.54 Å². The lowest BCUT2D eigenvalue weighted by Crippen LogP contribution is -2.14. The van der Waals surface area contributed by atoms with Crippen molar-refractivity contribution >= 4 is 11.7 Å². The number of nitrogens with one attached hydrogen (secondary N) is 1. The summed E-state index contributed by atoms with van der Waals surface area (Å²) in [5.41, 5.74) is 6.10. The number of amides is 1. The average Bonchev–Trinajstić information content (AvgIpc) is 3.10. The van der Waals surface area contributed by atoms with Crippen LogP contribution in [-0.2, 0) is 4.79 Å². The van der Waals surface area contributed by atoms with Crippen LogP contribution in [0.4, 0.5) is 5.82 Å². The monoisotopic (exact) mass is 215 g/mol. The van der Waals surface area contributed by atoms with Crippen molar-refractivity contribution in [2.24, 2.45) is 11.7 Å². The normalized spacial score (nSPS) is 13.8. The average molecular weight is 215 g/mol. The van der Waals surface area contributed by atoms with Gasteiger partial charge in [0.25, 0.3) is 0 Å². The Labute approximate surface area is 94.3 Å². The molecule has 1 aliphatic carbocycles. The second-order valence-corrected chi connectivity index (χ2v) is 3.70. The number of hydrogen-bond acceptors (Lipinski definition) is 3. The highest BCUT2D eigenvalue weighted by Crippen LogP contribution is 2.29. The van der Waals surface area contributed by atoms with E-state index in [1.54, 1.807) is 18.3 Å². The molecule has 2 rings (SSSR count). The molecule has 4 nitrogen and oxygen atoms in total. The van der Waals surface area contributed by atoms with Gasteiger partial charge >= 0.3 is 0 Å². The fourth-order valence-corrected chi connectivity index (χ4v) is 1.30. The second kappa shape index (κ2) is 4.77. The Bertz CT molecular complexity index is 455. The highest BCUT2D eigenvalue weighted by Gasteiger charge is 2.29. The lowest BCUT2D eigenvalue weighted by Gasteiger charge is -2.02. The number of rotatable bonds is 2. The zero-order valence-corrected chi connectivity index (χ0v) is 8.86. The summed E-state index contributed by atoms with van der Waals surface area (Å²) in [5.74, 6) is 6.44. The van der Waals surface area contributed by atoms with Crippen LogP contribution in [0.5, 0.6) is 0 Å². The molecule has 1 aromatic heterocycles. The van der Waals surface area contributed by atoms with Crippen molar-refractivity contribution in [1.82, 2.24) is 4.98 Å².